The maximum absolute atomic E-state index is 12.0. The Morgan fingerprint density at radius 1 is 0.684 bits per heavy atom. The average Bonchev–Trinajstić information content (AvgIpc) is 3.69. The molecule has 2 unspecified atom stereocenters. The lowest BCUT2D eigenvalue weighted by Crippen LogP contribution is -2.28. The molecular formula is C32H46N2O4. The minimum absolute atomic E-state index is 0.0558. The summed E-state index contributed by atoms with van der Waals surface area (Å²) in [5.74, 6) is -0.0540. The van der Waals surface area contributed by atoms with Gasteiger partial charge >= 0.3 is 5.97 Å². The SMILES string of the molecule is CCC=CCC=CCC=CCC=CCC=CCC=CCCC(=O)NCC1CC1CNC(=O)C=CC(=O)OC. The molecule has 2 amide bonds. The average molecular weight is 523 g/mol. The highest BCUT2D eigenvalue weighted by Gasteiger charge is 2.36. The maximum Gasteiger partial charge on any atom is 0.330 e. The van der Waals surface area contributed by atoms with Crippen molar-refractivity contribution in [3.63, 3.8) is 0 Å². The van der Waals surface area contributed by atoms with Gasteiger partial charge in [-0.15, -0.1) is 0 Å². The van der Waals surface area contributed by atoms with Crippen molar-refractivity contribution in [1.29, 1.82) is 0 Å². The number of carbonyl (C=O) groups excluding carboxylic acids is 3. The topological polar surface area (TPSA) is 84.5 Å². The zero-order chi connectivity index (χ0) is 27.7. The zero-order valence-electron chi connectivity index (χ0n) is 23.1. The van der Waals surface area contributed by atoms with Gasteiger partial charge in [0.05, 0.1) is 7.11 Å². The lowest BCUT2D eigenvalue weighted by atomic mass is 10.2. The van der Waals surface area contributed by atoms with Crippen LogP contribution in [0, 0.1) is 11.8 Å². The third-order valence-electron chi connectivity index (χ3n) is 5.88. The summed E-state index contributed by atoms with van der Waals surface area (Å²) in [6.45, 7) is 3.33. The first kappa shape index (κ1) is 32.6. The van der Waals surface area contributed by atoms with Gasteiger partial charge in [-0.1, -0.05) is 79.8 Å². The molecule has 1 aliphatic rings. The molecule has 0 aromatic rings. The number of rotatable bonds is 20. The summed E-state index contributed by atoms with van der Waals surface area (Å²) in [7, 11) is 1.26. The summed E-state index contributed by atoms with van der Waals surface area (Å²) in [5, 5.41) is 5.74. The molecular weight excluding hydrogens is 476 g/mol. The van der Waals surface area contributed by atoms with Crippen LogP contribution in [0.2, 0.25) is 0 Å². The molecule has 0 radical (unpaired) electrons. The Labute approximate surface area is 229 Å². The van der Waals surface area contributed by atoms with Gasteiger partial charge in [-0.2, -0.15) is 0 Å². The number of ether oxygens (including phenoxy) is 1. The molecule has 0 aliphatic heterocycles. The van der Waals surface area contributed by atoms with Crippen LogP contribution in [0.3, 0.4) is 0 Å². The standard InChI is InChI=1S/C32H46N2O4/c1-3-4-5-6-7-8-9-10-11-12-13-14-15-16-17-18-19-20-21-22-30(35)33-26-28-25-29(28)27-34-31(36)23-24-32(37)38-2/h4-5,7-8,10-11,13-14,16-17,19-20,23-24,28-29H,3,6,9,12,15,18,21-22,25-27H2,1-2H3,(H,33,35)(H,34,36). The van der Waals surface area contributed by atoms with E-state index in [9.17, 15) is 14.4 Å². The summed E-state index contributed by atoms with van der Waals surface area (Å²) < 4.78 is 4.44. The largest absolute Gasteiger partial charge is 0.466 e. The molecule has 2 N–H and O–H groups in total. The van der Waals surface area contributed by atoms with Gasteiger partial charge in [0.2, 0.25) is 11.8 Å². The van der Waals surface area contributed by atoms with E-state index in [1.165, 1.54) is 13.2 Å². The highest BCUT2D eigenvalue weighted by atomic mass is 16.5. The van der Waals surface area contributed by atoms with E-state index in [1.54, 1.807) is 0 Å². The molecule has 0 aromatic heterocycles. The molecule has 208 valence electrons. The van der Waals surface area contributed by atoms with Crippen LogP contribution in [-0.2, 0) is 19.1 Å². The first-order valence-electron chi connectivity index (χ1n) is 13.8. The number of hydrogen-bond acceptors (Lipinski definition) is 4. The summed E-state index contributed by atoms with van der Waals surface area (Å²) in [6.07, 6.45) is 36.3. The van der Waals surface area contributed by atoms with E-state index in [4.69, 9.17) is 0 Å². The Hall–Kier alpha value is -3.41. The van der Waals surface area contributed by atoms with Gasteiger partial charge in [0.25, 0.3) is 0 Å². The Morgan fingerprint density at radius 2 is 1.16 bits per heavy atom. The van der Waals surface area contributed by atoms with Crippen LogP contribution in [0.25, 0.3) is 0 Å². The van der Waals surface area contributed by atoms with Crippen molar-refractivity contribution in [2.75, 3.05) is 20.2 Å². The second kappa shape index (κ2) is 22.8. The van der Waals surface area contributed by atoms with Gasteiger partial charge in [-0.3, -0.25) is 9.59 Å². The molecule has 0 aromatic carbocycles. The van der Waals surface area contributed by atoms with Crippen molar-refractivity contribution < 1.29 is 19.1 Å². The van der Waals surface area contributed by atoms with Crippen LogP contribution in [0.4, 0.5) is 0 Å². The molecule has 1 aliphatic carbocycles. The van der Waals surface area contributed by atoms with Crippen LogP contribution in [0.15, 0.2) is 85.1 Å². The van der Waals surface area contributed by atoms with Crippen molar-refractivity contribution in [1.82, 2.24) is 10.6 Å². The minimum atomic E-state index is -0.559. The van der Waals surface area contributed by atoms with Crippen molar-refractivity contribution >= 4 is 17.8 Å². The predicted molar refractivity (Wildman–Crippen MR) is 156 cm³/mol. The molecule has 0 spiro atoms. The Balaban J connectivity index is 1.97. The van der Waals surface area contributed by atoms with Gasteiger partial charge < -0.3 is 15.4 Å². The summed E-state index contributed by atoms with van der Waals surface area (Å²) >= 11 is 0. The van der Waals surface area contributed by atoms with E-state index in [1.807, 2.05) is 0 Å². The summed E-state index contributed by atoms with van der Waals surface area (Å²) in [5.41, 5.74) is 0. The molecule has 1 fully saturated rings. The molecule has 0 bridgehead atoms. The van der Waals surface area contributed by atoms with Crippen molar-refractivity contribution in [2.45, 2.75) is 64.7 Å². The third-order valence-corrected chi connectivity index (χ3v) is 5.88. The Bertz CT molecular complexity index is 893. The first-order chi connectivity index (χ1) is 18.6. The van der Waals surface area contributed by atoms with Crippen LogP contribution in [-0.4, -0.2) is 38.0 Å². The lowest BCUT2D eigenvalue weighted by molar-refractivity contribution is -0.135. The molecule has 1 rings (SSSR count). The van der Waals surface area contributed by atoms with Gasteiger partial charge in [0, 0.05) is 31.7 Å². The zero-order valence-corrected chi connectivity index (χ0v) is 23.1. The highest BCUT2D eigenvalue weighted by Crippen LogP contribution is 2.37. The second-order valence-electron chi connectivity index (χ2n) is 9.12. The number of carbonyl (C=O) groups is 3. The van der Waals surface area contributed by atoms with Crippen molar-refractivity contribution in [3.05, 3.63) is 85.1 Å². The second-order valence-corrected chi connectivity index (χ2v) is 9.12. The van der Waals surface area contributed by atoms with Crippen LogP contribution >= 0.6 is 0 Å². The minimum Gasteiger partial charge on any atom is -0.466 e. The monoisotopic (exact) mass is 522 g/mol. The molecule has 0 saturated heterocycles. The van der Waals surface area contributed by atoms with E-state index in [2.05, 4.69) is 95.2 Å². The molecule has 1 saturated carbocycles. The smallest absolute Gasteiger partial charge is 0.330 e. The van der Waals surface area contributed by atoms with Gasteiger partial charge in [-0.25, -0.2) is 4.79 Å². The molecule has 2 atom stereocenters. The fourth-order valence-corrected chi connectivity index (χ4v) is 3.50. The molecule has 0 heterocycles. The van der Waals surface area contributed by atoms with Gasteiger partial charge in [0.1, 0.15) is 0 Å². The first-order valence-corrected chi connectivity index (χ1v) is 13.8. The number of hydrogen-bond donors (Lipinski definition) is 2. The quantitative estimate of drug-likeness (QED) is 0.116. The number of nitrogens with one attached hydrogen (secondary N) is 2. The Morgan fingerprint density at radius 3 is 1.66 bits per heavy atom. The summed E-state index contributed by atoms with van der Waals surface area (Å²) in [6, 6.07) is 0. The van der Waals surface area contributed by atoms with Crippen molar-refractivity contribution in [2.24, 2.45) is 11.8 Å². The number of allylic oxidation sites excluding steroid dienone is 12. The normalized spacial score (nSPS) is 17.7. The molecule has 38 heavy (non-hydrogen) atoms. The van der Waals surface area contributed by atoms with Crippen molar-refractivity contribution in [3.8, 4) is 0 Å². The van der Waals surface area contributed by atoms with Gasteiger partial charge in [0.15, 0.2) is 0 Å². The summed E-state index contributed by atoms with van der Waals surface area (Å²) in [4.78, 5) is 34.6. The third kappa shape index (κ3) is 19.7. The fraction of sp³-hybridized carbons (Fsp3) is 0.469. The van der Waals surface area contributed by atoms with E-state index in [0.717, 1.165) is 57.4 Å². The number of amides is 2. The van der Waals surface area contributed by atoms with E-state index in [0.29, 0.717) is 31.3 Å². The van der Waals surface area contributed by atoms with Crippen LogP contribution in [0.5, 0.6) is 0 Å². The van der Waals surface area contributed by atoms with E-state index >= 15 is 0 Å². The van der Waals surface area contributed by atoms with Gasteiger partial charge in [-0.05, 0) is 63.2 Å². The highest BCUT2D eigenvalue weighted by molar-refractivity contribution is 5.94. The Kier molecular flexibility index (Phi) is 19.5. The van der Waals surface area contributed by atoms with E-state index in [-0.39, 0.29) is 11.8 Å². The molecule has 6 heteroatoms. The predicted octanol–water partition coefficient (Wildman–Crippen LogP) is 6.06. The maximum atomic E-state index is 12.0. The number of esters is 1. The fourth-order valence-electron chi connectivity index (χ4n) is 3.50. The lowest BCUT2D eigenvalue weighted by Gasteiger charge is -2.04. The van der Waals surface area contributed by atoms with Crippen LogP contribution in [0.1, 0.15) is 64.7 Å². The number of methoxy groups -OCH3 is 1. The van der Waals surface area contributed by atoms with E-state index < -0.39 is 5.97 Å². The van der Waals surface area contributed by atoms with Crippen LogP contribution < -0.4 is 10.6 Å². The molecule has 6 nitrogen and oxygen atoms in total.